The van der Waals surface area contributed by atoms with Crippen LogP contribution in [-0.2, 0) is 13.5 Å². The lowest BCUT2D eigenvalue weighted by Crippen LogP contribution is -2.08. The molecule has 5 heteroatoms. The van der Waals surface area contributed by atoms with Crippen molar-refractivity contribution in [3.05, 3.63) is 41.7 Å². The van der Waals surface area contributed by atoms with Crippen molar-refractivity contribution < 1.29 is 5.11 Å². The Labute approximate surface area is 93.8 Å². The summed E-state index contributed by atoms with van der Waals surface area (Å²) < 4.78 is 1.66. The normalized spacial score (nSPS) is 12.7. The molecule has 0 aliphatic carbocycles. The van der Waals surface area contributed by atoms with Crippen molar-refractivity contribution in [2.75, 3.05) is 0 Å². The molecule has 0 spiro atoms. The van der Waals surface area contributed by atoms with Gasteiger partial charge in [-0.3, -0.25) is 9.67 Å². The number of rotatable bonds is 3. The smallest absolute Gasteiger partial charge is 0.138 e. The first-order chi connectivity index (χ1) is 7.66. The number of hydrogen-bond acceptors (Lipinski definition) is 4. The molecule has 0 saturated carbocycles. The number of aliphatic hydroxyl groups is 1. The van der Waals surface area contributed by atoms with E-state index in [0.29, 0.717) is 6.42 Å². The third-order valence-corrected chi connectivity index (χ3v) is 2.46. The van der Waals surface area contributed by atoms with E-state index < -0.39 is 6.10 Å². The molecule has 0 amide bonds. The number of aliphatic hydroxyl groups excluding tert-OH is 1. The van der Waals surface area contributed by atoms with Gasteiger partial charge in [0.05, 0.1) is 6.10 Å². The Kier molecular flexibility index (Phi) is 2.96. The Morgan fingerprint density at radius 3 is 2.88 bits per heavy atom. The van der Waals surface area contributed by atoms with Crippen LogP contribution in [-0.4, -0.2) is 24.9 Å². The zero-order valence-electron chi connectivity index (χ0n) is 9.33. The molecule has 2 aromatic heterocycles. The SMILES string of the molecule is Cc1cncc(C(O)Cc2ncnn2C)c1. The van der Waals surface area contributed by atoms with Crippen molar-refractivity contribution in [3.63, 3.8) is 0 Å². The Hall–Kier alpha value is -1.75. The molecule has 84 valence electrons. The molecule has 0 aliphatic rings. The standard InChI is InChI=1S/C11H14N4O/c1-8-3-9(6-12-5-8)10(16)4-11-13-7-14-15(11)2/h3,5-7,10,16H,4H2,1-2H3. The molecule has 0 bridgehead atoms. The number of hydrogen-bond donors (Lipinski definition) is 1. The molecule has 1 unspecified atom stereocenters. The Bertz CT molecular complexity index is 480. The van der Waals surface area contributed by atoms with Crippen LogP contribution in [0.1, 0.15) is 23.1 Å². The summed E-state index contributed by atoms with van der Waals surface area (Å²) in [5.74, 6) is 0.758. The summed E-state index contributed by atoms with van der Waals surface area (Å²) in [5, 5.41) is 14.0. The maximum Gasteiger partial charge on any atom is 0.138 e. The predicted molar refractivity (Wildman–Crippen MR) is 58.6 cm³/mol. The van der Waals surface area contributed by atoms with E-state index in [-0.39, 0.29) is 0 Å². The van der Waals surface area contributed by atoms with Crippen molar-refractivity contribution in [2.45, 2.75) is 19.4 Å². The first-order valence-electron chi connectivity index (χ1n) is 5.09. The van der Waals surface area contributed by atoms with E-state index in [9.17, 15) is 5.11 Å². The molecule has 16 heavy (non-hydrogen) atoms. The summed E-state index contributed by atoms with van der Waals surface area (Å²) in [5.41, 5.74) is 1.84. The largest absolute Gasteiger partial charge is 0.388 e. The summed E-state index contributed by atoms with van der Waals surface area (Å²) in [4.78, 5) is 8.13. The molecule has 0 fully saturated rings. The second-order valence-corrected chi connectivity index (χ2v) is 3.82. The highest BCUT2D eigenvalue weighted by Gasteiger charge is 2.12. The number of aromatic nitrogens is 4. The van der Waals surface area contributed by atoms with Gasteiger partial charge in [-0.15, -0.1) is 0 Å². The van der Waals surface area contributed by atoms with E-state index in [0.717, 1.165) is 17.0 Å². The van der Waals surface area contributed by atoms with Crippen LogP contribution >= 0.6 is 0 Å². The average Bonchev–Trinajstić information content (AvgIpc) is 2.64. The maximum atomic E-state index is 10.0. The number of aryl methyl sites for hydroxylation is 2. The summed E-state index contributed by atoms with van der Waals surface area (Å²) in [6, 6.07) is 1.92. The van der Waals surface area contributed by atoms with E-state index in [1.807, 2.05) is 20.0 Å². The second kappa shape index (κ2) is 4.40. The van der Waals surface area contributed by atoms with Crippen molar-refractivity contribution in [3.8, 4) is 0 Å². The zero-order chi connectivity index (χ0) is 11.5. The lowest BCUT2D eigenvalue weighted by atomic mass is 10.1. The molecule has 2 aromatic rings. The highest BCUT2D eigenvalue weighted by atomic mass is 16.3. The minimum atomic E-state index is -0.588. The summed E-state index contributed by atoms with van der Waals surface area (Å²) >= 11 is 0. The van der Waals surface area contributed by atoms with Crippen LogP contribution in [0.5, 0.6) is 0 Å². The van der Waals surface area contributed by atoms with Gasteiger partial charge in [0.25, 0.3) is 0 Å². The van der Waals surface area contributed by atoms with Crippen LogP contribution < -0.4 is 0 Å². The van der Waals surface area contributed by atoms with Gasteiger partial charge in [0.1, 0.15) is 12.2 Å². The second-order valence-electron chi connectivity index (χ2n) is 3.82. The van der Waals surface area contributed by atoms with Gasteiger partial charge in [0, 0.05) is 25.9 Å². The molecule has 2 heterocycles. The summed E-state index contributed by atoms with van der Waals surface area (Å²) in [6.45, 7) is 1.95. The Balaban J connectivity index is 2.14. The summed E-state index contributed by atoms with van der Waals surface area (Å²) in [6.07, 6.45) is 4.78. The zero-order valence-corrected chi connectivity index (χ0v) is 9.33. The van der Waals surface area contributed by atoms with E-state index in [4.69, 9.17) is 0 Å². The first-order valence-corrected chi connectivity index (χ1v) is 5.09. The monoisotopic (exact) mass is 218 g/mol. The summed E-state index contributed by atoms with van der Waals surface area (Å²) in [7, 11) is 1.81. The molecule has 0 aliphatic heterocycles. The molecular formula is C11H14N4O. The number of nitrogens with zero attached hydrogens (tertiary/aromatic N) is 4. The lowest BCUT2D eigenvalue weighted by Gasteiger charge is -2.10. The lowest BCUT2D eigenvalue weighted by molar-refractivity contribution is 0.174. The van der Waals surface area contributed by atoms with Crippen LogP contribution in [0.15, 0.2) is 24.8 Å². The van der Waals surface area contributed by atoms with E-state index >= 15 is 0 Å². The quantitative estimate of drug-likeness (QED) is 0.827. The van der Waals surface area contributed by atoms with E-state index in [2.05, 4.69) is 15.1 Å². The van der Waals surface area contributed by atoms with E-state index in [1.54, 1.807) is 17.1 Å². The van der Waals surface area contributed by atoms with Gasteiger partial charge in [-0.05, 0) is 18.1 Å². The molecule has 1 N–H and O–H groups in total. The third-order valence-electron chi connectivity index (χ3n) is 2.46. The van der Waals surface area contributed by atoms with Crippen molar-refractivity contribution in [1.82, 2.24) is 19.7 Å². The van der Waals surface area contributed by atoms with Crippen LogP contribution in [0.2, 0.25) is 0 Å². The predicted octanol–water partition coefficient (Wildman–Crippen LogP) is 0.795. The molecule has 0 radical (unpaired) electrons. The fraction of sp³-hybridized carbons (Fsp3) is 0.364. The van der Waals surface area contributed by atoms with Gasteiger partial charge in [-0.1, -0.05) is 6.07 Å². The maximum absolute atomic E-state index is 10.0. The van der Waals surface area contributed by atoms with Gasteiger partial charge in [0.2, 0.25) is 0 Å². The van der Waals surface area contributed by atoms with Crippen LogP contribution in [0.3, 0.4) is 0 Å². The minimum absolute atomic E-state index is 0.446. The van der Waals surface area contributed by atoms with Crippen LogP contribution in [0, 0.1) is 6.92 Å². The third kappa shape index (κ3) is 2.25. The van der Waals surface area contributed by atoms with Crippen molar-refractivity contribution in [2.24, 2.45) is 7.05 Å². The average molecular weight is 218 g/mol. The highest BCUT2D eigenvalue weighted by Crippen LogP contribution is 2.16. The van der Waals surface area contributed by atoms with Gasteiger partial charge in [-0.25, -0.2) is 4.98 Å². The minimum Gasteiger partial charge on any atom is -0.388 e. The van der Waals surface area contributed by atoms with Gasteiger partial charge >= 0.3 is 0 Å². The van der Waals surface area contributed by atoms with Crippen LogP contribution in [0.4, 0.5) is 0 Å². The molecule has 5 nitrogen and oxygen atoms in total. The Morgan fingerprint density at radius 2 is 2.25 bits per heavy atom. The topological polar surface area (TPSA) is 63.8 Å². The van der Waals surface area contributed by atoms with Gasteiger partial charge < -0.3 is 5.11 Å². The van der Waals surface area contributed by atoms with Crippen molar-refractivity contribution >= 4 is 0 Å². The fourth-order valence-electron chi connectivity index (χ4n) is 1.56. The molecular weight excluding hydrogens is 204 g/mol. The van der Waals surface area contributed by atoms with Crippen molar-refractivity contribution in [1.29, 1.82) is 0 Å². The first kappa shape index (κ1) is 10.8. The van der Waals surface area contributed by atoms with Gasteiger partial charge in [-0.2, -0.15) is 5.10 Å². The molecule has 0 aromatic carbocycles. The van der Waals surface area contributed by atoms with Gasteiger partial charge in [0.15, 0.2) is 0 Å². The molecule has 1 atom stereocenters. The Morgan fingerprint density at radius 1 is 1.44 bits per heavy atom. The molecule has 0 saturated heterocycles. The highest BCUT2D eigenvalue weighted by molar-refractivity contribution is 5.19. The number of pyridine rings is 1. The fourth-order valence-corrected chi connectivity index (χ4v) is 1.56. The molecule has 2 rings (SSSR count). The van der Waals surface area contributed by atoms with Crippen LogP contribution in [0.25, 0.3) is 0 Å². The van der Waals surface area contributed by atoms with E-state index in [1.165, 1.54) is 6.33 Å².